The van der Waals surface area contributed by atoms with E-state index in [9.17, 15) is 17.4 Å². The minimum Gasteiger partial charge on any atom is -0.406 e. The second-order valence-corrected chi connectivity index (χ2v) is 8.74. The molecule has 28 heavy (non-hydrogen) atoms. The Morgan fingerprint density at radius 2 is 1.64 bits per heavy atom. The van der Waals surface area contributed by atoms with Crippen molar-refractivity contribution in [3.63, 3.8) is 0 Å². The number of piperidine rings is 1. The molecule has 1 saturated heterocycles. The van der Waals surface area contributed by atoms with E-state index in [0.29, 0.717) is 31.0 Å². The summed E-state index contributed by atoms with van der Waals surface area (Å²) >= 11 is 5.97. The molecule has 152 valence electrons. The van der Waals surface area contributed by atoms with Crippen LogP contribution in [0.2, 0.25) is 5.02 Å². The number of hydrogen-bond donors (Lipinski definition) is 3. The van der Waals surface area contributed by atoms with Gasteiger partial charge in [0, 0.05) is 5.02 Å². The summed E-state index contributed by atoms with van der Waals surface area (Å²) in [5.41, 5.74) is 0.144. The molecule has 0 aliphatic carbocycles. The minimum absolute atomic E-state index is 0.0777. The summed E-state index contributed by atoms with van der Waals surface area (Å²) in [6.45, 7) is 1.34. The van der Waals surface area contributed by atoms with E-state index in [1.165, 1.54) is 12.1 Å². The van der Waals surface area contributed by atoms with Crippen molar-refractivity contribution in [1.82, 2.24) is 10.0 Å². The van der Waals surface area contributed by atoms with Gasteiger partial charge in [-0.2, -0.15) is 0 Å². The maximum absolute atomic E-state index is 13.1. The maximum atomic E-state index is 13.1. The Bertz CT molecular complexity index is 911. The van der Waals surface area contributed by atoms with Crippen LogP contribution in [0.3, 0.4) is 0 Å². The van der Waals surface area contributed by atoms with Crippen LogP contribution in [-0.4, -0.2) is 23.7 Å². The van der Waals surface area contributed by atoms with Crippen molar-refractivity contribution in [2.75, 3.05) is 13.1 Å². The second-order valence-electron chi connectivity index (χ2n) is 6.52. The average Bonchev–Trinajstić information content (AvgIpc) is 2.62. The van der Waals surface area contributed by atoms with Gasteiger partial charge in [0.1, 0.15) is 15.7 Å². The van der Waals surface area contributed by atoms with Crippen LogP contribution in [-0.2, 0) is 15.5 Å². The zero-order valence-electron chi connectivity index (χ0n) is 14.7. The number of ether oxygens (including phenoxy) is 1. The van der Waals surface area contributed by atoms with Gasteiger partial charge in [-0.05, 0) is 67.9 Å². The first kappa shape index (κ1) is 20.9. The highest BCUT2D eigenvalue weighted by molar-refractivity contribution is 7.90. The molecule has 10 heteroatoms. The summed E-state index contributed by atoms with van der Waals surface area (Å²) in [5.74, 6) is -0.430. The first-order chi connectivity index (χ1) is 13.1. The lowest BCUT2D eigenvalue weighted by Gasteiger charge is -2.39. The van der Waals surface area contributed by atoms with E-state index in [4.69, 9.17) is 16.4 Å². The van der Waals surface area contributed by atoms with E-state index in [-0.39, 0.29) is 4.90 Å². The zero-order chi connectivity index (χ0) is 20.4. The normalized spacial score (nSPS) is 19.0. The van der Waals surface area contributed by atoms with Crippen LogP contribution in [0.1, 0.15) is 18.4 Å². The van der Waals surface area contributed by atoms with Crippen molar-refractivity contribution >= 4 is 21.5 Å². The lowest BCUT2D eigenvalue weighted by molar-refractivity contribution is -0.274. The molecule has 0 spiro atoms. The van der Waals surface area contributed by atoms with Crippen LogP contribution in [0.4, 0.5) is 13.2 Å². The minimum atomic E-state index is -4.81. The van der Waals surface area contributed by atoms with Crippen LogP contribution >= 0.6 is 11.6 Å². The van der Waals surface area contributed by atoms with Crippen molar-refractivity contribution in [2.24, 2.45) is 0 Å². The topological polar surface area (TPSA) is 74.2 Å². The fraction of sp³-hybridized carbons (Fsp3) is 0.333. The first-order valence-electron chi connectivity index (χ1n) is 8.50. The van der Waals surface area contributed by atoms with Crippen LogP contribution in [0.5, 0.6) is 5.75 Å². The Hall–Kier alpha value is -1.81. The Morgan fingerprint density at radius 1 is 1.07 bits per heavy atom. The smallest absolute Gasteiger partial charge is 0.406 e. The lowest BCUT2D eigenvalue weighted by Crippen LogP contribution is -2.51. The van der Waals surface area contributed by atoms with Crippen molar-refractivity contribution in [3.05, 3.63) is 59.1 Å². The molecule has 2 aromatic carbocycles. The van der Waals surface area contributed by atoms with Crippen LogP contribution in [0, 0.1) is 4.78 Å². The summed E-state index contributed by atoms with van der Waals surface area (Å²) in [4.78, 5) is 0.0777. The summed E-state index contributed by atoms with van der Waals surface area (Å²) in [6.07, 6.45) is -3.62. The average molecular weight is 434 g/mol. The number of nitrogens with one attached hydrogen (secondary N) is 3. The quantitative estimate of drug-likeness (QED) is 0.653. The van der Waals surface area contributed by atoms with E-state index in [0.717, 1.165) is 17.7 Å². The SMILES string of the molecule is N=S(=O)(NC1(c2ccc(Cl)cc2)CCNCC1)c1ccc(OC(F)(F)F)cc1. The third-order valence-electron chi connectivity index (χ3n) is 4.58. The highest BCUT2D eigenvalue weighted by atomic mass is 35.5. The molecule has 0 radical (unpaired) electrons. The number of benzene rings is 2. The monoisotopic (exact) mass is 433 g/mol. The predicted molar refractivity (Wildman–Crippen MR) is 101 cm³/mol. The van der Waals surface area contributed by atoms with Crippen LogP contribution < -0.4 is 14.8 Å². The van der Waals surface area contributed by atoms with Gasteiger partial charge < -0.3 is 10.1 Å². The largest absolute Gasteiger partial charge is 0.573 e. The van der Waals surface area contributed by atoms with Crippen molar-refractivity contribution in [1.29, 1.82) is 4.78 Å². The number of halogens is 4. The first-order valence-corrected chi connectivity index (χ1v) is 10.4. The van der Waals surface area contributed by atoms with E-state index in [1.807, 2.05) is 12.1 Å². The standard InChI is InChI=1S/C18H19ClF3N3O2S/c19-14-3-1-13(2-4-14)17(9-11-24-12-10-17)25-28(23,26)16-7-5-15(6-8-16)27-18(20,21)22/h1-8,24H,9-12H2,(H2,23,25,26). The molecule has 1 fully saturated rings. The Morgan fingerprint density at radius 3 is 2.18 bits per heavy atom. The van der Waals surface area contributed by atoms with Crippen molar-refractivity contribution < 1.29 is 22.1 Å². The van der Waals surface area contributed by atoms with E-state index >= 15 is 0 Å². The Kier molecular flexibility index (Phi) is 5.90. The third-order valence-corrected chi connectivity index (χ3v) is 6.45. The van der Waals surface area contributed by atoms with Gasteiger partial charge in [0.15, 0.2) is 0 Å². The van der Waals surface area contributed by atoms with E-state index in [2.05, 4.69) is 14.8 Å². The molecule has 0 aromatic heterocycles. The molecule has 5 nitrogen and oxygen atoms in total. The molecule has 2 aromatic rings. The van der Waals surface area contributed by atoms with Gasteiger partial charge in [-0.15, -0.1) is 13.2 Å². The molecule has 1 unspecified atom stereocenters. The van der Waals surface area contributed by atoms with Gasteiger partial charge >= 0.3 is 6.36 Å². The fourth-order valence-corrected chi connectivity index (χ4v) is 4.87. The molecule has 3 rings (SSSR count). The van der Waals surface area contributed by atoms with Gasteiger partial charge in [0.25, 0.3) is 0 Å². The second kappa shape index (κ2) is 7.90. The van der Waals surface area contributed by atoms with Crippen molar-refractivity contribution in [3.8, 4) is 5.75 Å². The number of rotatable bonds is 5. The summed E-state index contributed by atoms with van der Waals surface area (Å²) in [6, 6.07) is 11.6. The molecule has 3 N–H and O–H groups in total. The Balaban J connectivity index is 1.88. The molecule has 0 amide bonds. The van der Waals surface area contributed by atoms with E-state index in [1.54, 1.807) is 12.1 Å². The molecular formula is C18H19ClF3N3O2S. The lowest BCUT2D eigenvalue weighted by atomic mass is 9.82. The molecular weight excluding hydrogens is 415 g/mol. The van der Waals surface area contributed by atoms with Crippen LogP contribution in [0.25, 0.3) is 0 Å². The van der Waals surface area contributed by atoms with Gasteiger partial charge in [0.2, 0.25) is 0 Å². The summed E-state index contributed by atoms with van der Waals surface area (Å²) in [5, 5.41) is 3.80. The van der Waals surface area contributed by atoms with Gasteiger partial charge in [0.05, 0.1) is 10.4 Å². The predicted octanol–water partition coefficient (Wildman–Crippen LogP) is 4.43. The summed E-state index contributed by atoms with van der Waals surface area (Å²) < 4.78 is 65.2. The number of hydrogen-bond acceptors (Lipinski definition) is 4. The summed E-state index contributed by atoms with van der Waals surface area (Å²) in [7, 11) is -3.48. The van der Waals surface area contributed by atoms with Crippen LogP contribution in [0.15, 0.2) is 53.4 Å². The fourth-order valence-electron chi connectivity index (χ4n) is 3.24. The number of alkyl halides is 3. The van der Waals surface area contributed by atoms with Crippen molar-refractivity contribution in [2.45, 2.75) is 29.6 Å². The molecule has 0 bridgehead atoms. The van der Waals surface area contributed by atoms with Gasteiger partial charge in [-0.3, -0.25) is 0 Å². The van der Waals surface area contributed by atoms with E-state index < -0.39 is 27.6 Å². The highest BCUT2D eigenvalue weighted by Crippen LogP contribution is 2.34. The Labute approximate surface area is 166 Å². The maximum Gasteiger partial charge on any atom is 0.573 e. The molecule has 1 aliphatic heterocycles. The molecule has 1 aliphatic rings. The molecule has 1 heterocycles. The van der Waals surface area contributed by atoms with Gasteiger partial charge in [-0.1, -0.05) is 23.7 Å². The molecule has 0 saturated carbocycles. The zero-order valence-corrected chi connectivity index (χ0v) is 16.3. The van der Waals surface area contributed by atoms with Gasteiger partial charge in [-0.25, -0.2) is 13.7 Å². The highest BCUT2D eigenvalue weighted by Gasteiger charge is 2.37. The third kappa shape index (κ3) is 4.96. The molecule has 1 atom stereocenters.